The van der Waals surface area contributed by atoms with E-state index in [2.05, 4.69) is 0 Å². The van der Waals surface area contributed by atoms with Gasteiger partial charge in [0.2, 0.25) is 0 Å². The minimum Gasteiger partial charge on any atom is -0.504 e. The number of rotatable bonds is 2. The van der Waals surface area contributed by atoms with Crippen molar-refractivity contribution in [2.45, 2.75) is 12.7 Å². The van der Waals surface area contributed by atoms with Crippen LogP contribution in [0.5, 0.6) is 11.5 Å². The Hall–Kier alpha value is -2.24. The molecule has 0 bridgehead atoms. The maximum Gasteiger partial charge on any atom is 0.320 e. The summed E-state index contributed by atoms with van der Waals surface area (Å²) in [6.07, 6.45) is -1.47. The Balaban J connectivity index is 2.27. The summed E-state index contributed by atoms with van der Waals surface area (Å²) in [6.45, 7) is 0. The molecule has 1 aromatic carbocycles. The normalized spacial score (nSPS) is 16.3. The molecule has 1 aliphatic heterocycles. The molecule has 0 aliphatic carbocycles. The van der Waals surface area contributed by atoms with Crippen molar-refractivity contribution in [3.05, 3.63) is 23.8 Å². The van der Waals surface area contributed by atoms with E-state index in [-0.39, 0.29) is 17.9 Å². The smallest absolute Gasteiger partial charge is 0.320 e. The van der Waals surface area contributed by atoms with Gasteiger partial charge in [-0.05, 0) is 18.2 Å². The van der Waals surface area contributed by atoms with E-state index in [9.17, 15) is 14.7 Å². The molecule has 1 N–H and O–H groups in total. The van der Waals surface area contributed by atoms with E-state index >= 15 is 0 Å². The molecule has 6 heteroatoms. The molecular weight excluding hydrogens is 228 g/mol. The predicted octanol–water partition coefficient (Wildman–Crippen LogP) is 0.889. The maximum atomic E-state index is 11.1. The first-order valence-corrected chi connectivity index (χ1v) is 4.86. The van der Waals surface area contributed by atoms with Crippen molar-refractivity contribution < 1.29 is 28.9 Å². The van der Waals surface area contributed by atoms with E-state index < -0.39 is 18.2 Å². The third kappa shape index (κ3) is 2.30. The Bertz CT molecular complexity index is 451. The number of methoxy groups -OCH3 is 1. The standard InChI is InChI=1S/C11H10O6/c1-15-8-4-6(2-3-7(8)12)11-16-9(13)5-10(14)17-11/h2-4,11-12H,5H2,1H3. The van der Waals surface area contributed by atoms with Crippen molar-refractivity contribution >= 4 is 11.9 Å². The molecule has 1 heterocycles. The lowest BCUT2D eigenvalue weighted by Crippen LogP contribution is -2.26. The van der Waals surface area contributed by atoms with Crippen molar-refractivity contribution in [3.63, 3.8) is 0 Å². The molecule has 90 valence electrons. The van der Waals surface area contributed by atoms with E-state index in [0.29, 0.717) is 5.56 Å². The lowest BCUT2D eigenvalue weighted by molar-refractivity contribution is -0.204. The number of ether oxygens (including phenoxy) is 3. The average Bonchev–Trinajstić information content (AvgIpc) is 2.28. The van der Waals surface area contributed by atoms with Gasteiger partial charge in [-0.2, -0.15) is 0 Å². The van der Waals surface area contributed by atoms with Crippen LogP contribution >= 0.6 is 0 Å². The van der Waals surface area contributed by atoms with Gasteiger partial charge in [0.05, 0.1) is 7.11 Å². The molecule has 1 aromatic rings. The van der Waals surface area contributed by atoms with Gasteiger partial charge in [-0.15, -0.1) is 0 Å². The van der Waals surface area contributed by atoms with Crippen molar-refractivity contribution in [2.75, 3.05) is 7.11 Å². The fraction of sp³-hybridized carbons (Fsp3) is 0.273. The van der Waals surface area contributed by atoms with Gasteiger partial charge in [0.1, 0.15) is 6.42 Å². The van der Waals surface area contributed by atoms with Crippen LogP contribution < -0.4 is 4.74 Å². The molecular formula is C11H10O6. The average molecular weight is 238 g/mol. The van der Waals surface area contributed by atoms with Crippen molar-refractivity contribution in [1.82, 2.24) is 0 Å². The first kappa shape index (κ1) is 11.3. The molecule has 1 fully saturated rings. The molecule has 0 saturated carbocycles. The fourth-order valence-corrected chi connectivity index (χ4v) is 1.44. The first-order chi connectivity index (χ1) is 8.10. The Morgan fingerprint density at radius 2 is 1.94 bits per heavy atom. The Morgan fingerprint density at radius 3 is 2.53 bits per heavy atom. The first-order valence-electron chi connectivity index (χ1n) is 4.86. The van der Waals surface area contributed by atoms with Crippen LogP contribution in [0.3, 0.4) is 0 Å². The maximum absolute atomic E-state index is 11.1. The zero-order chi connectivity index (χ0) is 12.4. The number of esters is 2. The summed E-state index contributed by atoms with van der Waals surface area (Å²) in [5, 5.41) is 9.40. The van der Waals surface area contributed by atoms with Crippen LogP contribution in [0, 0.1) is 0 Å². The van der Waals surface area contributed by atoms with Gasteiger partial charge in [0.15, 0.2) is 11.5 Å². The highest BCUT2D eigenvalue weighted by Gasteiger charge is 2.29. The molecule has 0 radical (unpaired) electrons. The van der Waals surface area contributed by atoms with E-state index in [4.69, 9.17) is 14.2 Å². The molecule has 0 aromatic heterocycles. The number of phenolic OH excluding ortho intramolecular Hbond substituents is 1. The number of phenols is 1. The minimum atomic E-state index is -1.08. The number of benzene rings is 1. The lowest BCUT2D eigenvalue weighted by Gasteiger charge is -2.22. The largest absolute Gasteiger partial charge is 0.504 e. The summed E-state index contributed by atoms with van der Waals surface area (Å²) < 4.78 is 14.6. The lowest BCUT2D eigenvalue weighted by atomic mass is 10.2. The molecule has 0 unspecified atom stereocenters. The SMILES string of the molecule is COc1cc(C2OC(=O)CC(=O)O2)ccc1O. The van der Waals surface area contributed by atoms with Crippen LogP contribution in [0.15, 0.2) is 18.2 Å². The molecule has 0 spiro atoms. The van der Waals surface area contributed by atoms with E-state index in [1.54, 1.807) is 0 Å². The van der Waals surface area contributed by atoms with Gasteiger partial charge in [0.25, 0.3) is 6.29 Å². The monoisotopic (exact) mass is 238 g/mol. The molecule has 6 nitrogen and oxygen atoms in total. The third-order valence-corrected chi connectivity index (χ3v) is 2.24. The van der Waals surface area contributed by atoms with Gasteiger partial charge in [-0.1, -0.05) is 0 Å². The minimum absolute atomic E-state index is 0.0512. The van der Waals surface area contributed by atoms with Crippen molar-refractivity contribution in [2.24, 2.45) is 0 Å². The molecule has 1 aliphatic rings. The third-order valence-electron chi connectivity index (χ3n) is 2.24. The van der Waals surface area contributed by atoms with Gasteiger partial charge in [-0.3, -0.25) is 9.59 Å². The van der Waals surface area contributed by atoms with Gasteiger partial charge in [-0.25, -0.2) is 0 Å². The molecule has 1 saturated heterocycles. The van der Waals surface area contributed by atoms with Crippen molar-refractivity contribution in [3.8, 4) is 11.5 Å². The number of hydrogen-bond donors (Lipinski definition) is 1. The van der Waals surface area contributed by atoms with E-state index in [1.165, 1.54) is 25.3 Å². The van der Waals surface area contributed by atoms with Crippen molar-refractivity contribution in [1.29, 1.82) is 0 Å². The second-order valence-corrected chi connectivity index (χ2v) is 3.42. The summed E-state index contributed by atoms with van der Waals surface area (Å²) in [7, 11) is 1.39. The van der Waals surface area contributed by atoms with Crippen LogP contribution in [0.2, 0.25) is 0 Å². The zero-order valence-corrected chi connectivity index (χ0v) is 9.00. The van der Waals surface area contributed by atoms with Crippen LogP contribution in [0.4, 0.5) is 0 Å². The fourth-order valence-electron chi connectivity index (χ4n) is 1.44. The van der Waals surface area contributed by atoms with Gasteiger partial charge in [0, 0.05) is 5.56 Å². The summed E-state index contributed by atoms with van der Waals surface area (Å²) in [4.78, 5) is 22.1. The van der Waals surface area contributed by atoms with Crippen LogP contribution in [-0.2, 0) is 19.1 Å². The topological polar surface area (TPSA) is 82.1 Å². The Labute approximate surface area is 96.7 Å². The zero-order valence-electron chi connectivity index (χ0n) is 9.00. The number of aromatic hydroxyl groups is 1. The van der Waals surface area contributed by atoms with Crippen LogP contribution in [-0.4, -0.2) is 24.2 Å². The number of cyclic esters (lactones) is 2. The summed E-state index contributed by atoms with van der Waals surface area (Å²) in [5.74, 6) is -1.12. The predicted molar refractivity (Wildman–Crippen MR) is 54.2 cm³/mol. The molecule has 17 heavy (non-hydrogen) atoms. The van der Waals surface area contributed by atoms with E-state index in [1.807, 2.05) is 0 Å². The Kier molecular flexibility index (Phi) is 2.86. The highest BCUT2D eigenvalue weighted by atomic mass is 16.7. The quantitative estimate of drug-likeness (QED) is 0.608. The summed E-state index contributed by atoms with van der Waals surface area (Å²) in [6, 6.07) is 4.28. The van der Waals surface area contributed by atoms with Crippen LogP contribution in [0.1, 0.15) is 18.3 Å². The highest BCUT2D eigenvalue weighted by Crippen LogP contribution is 2.32. The van der Waals surface area contributed by atoms with Crippen LogP contribution in [0.25, 0.3) is 0 Å². The number of hydrogen-bond acceptors (Lipinski definition) is 6. The number of carbonyl (C=O) groups excluding carboxylic acids is 2. The Morgan fingerprint density at radius 1 is 1.29 bits per heavy atom. The number of carbonyl (C=O) groups is 2. The second-order valence-electron chi connectivity index (χ2n) is 3.42. The second kappa shape index (κ2) is 4.32. The van der Waals surface area contributed by atoms with E-state index in [0.717, 1.165) is 0 Å². The highest BCUT2D eigenvalue weighted by molar-refractivity contribution is 5.92. The van der Waals surface area contributed by atoms with Gasteiger partial charge < -0.3 is 19.3 Å². The summed E-state index contributed by atoms with van der Waals surface area (Å²) >= 11 is 0. The summed E-state index contributed by atoms with van der Waals surface area (Å²) in [5.41, 5.74) is 0.418. The molecule has 0 atom stereocenters. The van der Waals surface area contributed by atoms with Gasteiger partial charge >= 0.3 is 11.9 Å². The molecule has 0 amide bonds. The molecule has 2 rings (SSSR count).